The topological polar surface area (TPSA) is 136 Å². The molecular formula is C18H24N2O6-2. The highest BCUT2D eigenvalue weighted by molar-refractivity contribution is 5.75. The molecule has 0 aliphatic carbocycles. The monoisotopic (exact) mass is 364 g/mol. The van der Waals surface area contributed by atoms with Crippen LogP contribution in [0.5, 0.6) is 0 Å². The fraction of sp³-hybridized carbons (Fsp3) is 0.500. The van der Waals surface area contributed by atoms with Gasteiger partial charge in [-0.1, -0.05) is 30.3 Å². The predicted molar refractivity (Wildman–Crippen MR) is 89.5 cm³/mol. The number of ether oxygens (including phenoxy) is 1. The molecule has 8 nitrogen and oxygen atoms in total. The van der Waals surface area contributed by atoms with Crippen molar-refractivity contribution in [2.75, 3.05) is 20.2 Å². The first-order chi connectivity index (χ1) is 12.3. The van der Waals surface area contributed by atoms with E-state index in [1.54, 1.807) is 11.9 Å². The number of benzene rings is 1. The third kappa shape index (κ3) is 7.52. The molecule has 2 N–H and O–H groups in total. The number of nitrogens with two attached hydrogens (primary N) is 1. The van der Waals surface area contributed by atoms with Crippen molar-refractivity contribution in [1.29, 1.82) is 0 Å². The molecule has 1 fully saturated rings. The number of carboxylic acids is 2. The summed E-state index contributed by atoms with van der Waals surface area (Å²) in [5, 5.41) is 20.3. The summed E-state index contributed by atoms with van der Waals surface area (Å²) < 4.78 is 4.94. The number of hydrogen-bond acceptors (Lipinski definition) is 7. The van der Waals surface area contributed by atoms with Gasteiger partial charge in [-0.15, -0.1) is 0 Å². The largest absolute Gasteiger partial charge is 0.550 e. The van der Waals surface area contributed by atoms with E-state index in [4.69, 9.17) is 10.5 Å². The normalized spacial score (nSPS) is 17.1. The first kappa shape index (κ1) is 21.4. The number of nitrogens with zero attached hydrogens (tertiary/aromatic N) is 1. The average molecular weight is 364 g/mol. The first-order valence-corrected chi connectivity index (χ1v) is 8.39. The minimum atomic E-state index is -1.37. The second-order valence-electron chi connectivity index (χ2n) is 6.05. The van der Waals surface area contributed by atoms with Gasteiger partial charge in [0.25, 0.3) is 0 Å². The van der Waals surface area contributed by atoms with Crippen molar-refractivity contribution in [3.05, 3.63) is 35.9 Å². The van der Waals surface area contributed by atoms with Gasteiger partial charge >= 0.3 is 6.09 Å². The molecular weight excluding hydrogens is 340 g/mol. The zero-order valence-corrected chi connectivity index (χ0v) is 14.8. The Balaban J connectivity index is 0.000000265. The van der Waals surface area contributed by atoms with Crippen molar-refractivity contribution in [2.24, 2.45) is 11.7 Å². The van der Waals surface area contributed by atoms with Gasteiger partial charge < -0.3 is 35.2 Å². The van der Waals surface area contributed by atoms with Crippen LogP contribution in [-0.4, -0.2) is 49.2 Å². The summed E-state index contributed by atoms with van der Waals surface area (Å²) >= 11 is 0. The number of carbonyl (C=O) groups is 3. The number of cyclic esters (lactones) is 1. The van der Waals surface area contributed by atoms with Gasteiger partial charge in [0.05, 0.1) is 6.04 Å². The molecule has 1 amide bonds. The lowest BCUT2D eigenvalue weighted by atomic mass is 10.00. The lowest BCUT2D eigenvalue weighted by molar-refractivity contribution is -0.320. The number of amides is 1. The second-order valence-corrected chi connectivity index (χ2v) is 6.05. The highest BCUT2D eigenvalue weighted by Crippen LogP contribution is 2.14. The summed E-state index contributed by atoms with van der Waals surface area (Å²) in [6, 6.07) is 10.3. The van der Waals surface area contributed by atoms with Gasteiger partial charge in [0.15, 0.2) is 0 Å². The maximum atomic E-state index is 11.1. The molecule has 144 valence electrons. The molecule has 1 saturated heterocycles. The number of hydrogen-bond donors (Lipinski definition) is 1. The molecule has 1 aliphatic rings. The summed E-state index contributed by atoms with van der Waals surface area (Å²) in [7, 11) is 1.78. The average Bonchev–Trinajstić information content (AvgIpc) is 2.92. The Morgan fingerprint density at radius 3 is 2.42 bits per heavy atom. The second kappa shape index (κ2) is 11.1. The van der Waals surface area contributed by atoms with E-state index in [0.29, 0.717) is 19.6 Å². The smallest absolute Gasteiger partial charge is 0.409 e. The third-order valence-electron chi connectivity index (χ3n) is 4.05. The van der Waals surface area contributed by atoms with Crippen molar-refractivity contribution in [3.8, 4) is 0 Å². The van der Waals surface area contributed by atoms with E-state index in [2.05, 4.69) is 12.1 Å². The summed E-state index contributed by atoms with van der Waals surface area (Å²) in [5.74, 6) is -3.70. The molecule has 1 aliphatic heterocycles. The van der Waals surface area contributed by atoms with Crippen LogP contribution in [0.2, 0.25) is 0 Å². The van der Waals surface area contributed by atoms with E-state index in [1.807, 2.05) is 18.2 Å². The molecule has 26 heavy (non-hydrogen) atoms. The Kier molecular flexibility index (Phi) is 9.14. The SMILES string of the molecule is CN1C(=O)OC[C@H]1Cc1ccccc1.NCCC[C@H](CC(=O)[O-])C(=O)[O-]. The molecule has 0 spiro atoms. The fourth-order valence-corrected chi connectivity index (χ4v) is 2.48. The zero-order valence-electron chi connectivity index (χ0n) is 14.8. The number of carboxylic acid groups (broad SMARTS) is 2. The minimum absolute atomic E-state index is 0.185. The number of likely N-dealkylation sites (N-methyl/N-ethyl adjacent to an activating group) is 1. The molecule has 0 saturated carbocycles. The van der Waals surface area contributed by atoms with Crippen molar-refractivity contribution in [1.82, 2.24) is 4.90 Å². The van der Waals surface area contributed by atoms with Crippen LogP contribution in [0, 0.1) is 5.92 Å². The maximum Gasteiger partial charge on any atom is 0.409 e. The Hall–Kier alpha value is -2.61. The Morgan fingerprint density at radius 2 is 1.96 bits per heavy atom. The van der Waals surface area contributed by atoms with E-state index in [-0.39, 0.29) is 18.6 Å². The number of aliphatic carboxylic acids is 2. The number of rotatable bonds is 8. The molecule has 1 aromatic rings. The van der Waals surface area contributed by atoms with Crippen molar-refractivity contribution < 1.29 is 29.3 Å². The van der Waals surface area contributed by atoms with Crippen LogP contribution < -0.4 is 15.9 Å². The quantitative estimate of drug-likeness (QED) is 0.619. The molecule has 0 bridgehead atoms. The van der Waals surface area contributed by atoms with Crippen LogP contribution >= 0.6 is 0 Å². The summed E-state index contributed by atoms with van der Waals surface area (Å²) in [4.78, 5) is 33.1. The fourth-order valence-electron chi connectivity index (χ4n) is 2.48. The molecule has 1 heterocycles. The molecule has 1 aromatic carbocycles. The van der Waals surface area contributed by atoms with Crippen LogP contribution in [0.15, 0.2) is 30.3 Å². The van der Waals surface area contributed by atoms with E-state index in [0.717, 1.165) is 6.42 Å². The van der Waals surface area contributed by atoms with Crippen LogP contribution in [0.25, 0.3) is 0 Å². The van der Waals surface area contributed by atoms with E-state index in [1.165, 1.54) is 5.56 Å². The van der Waals surface area contributed by atoms with Gasteiger partial charge in [-0.3, -0.25) is 0 Å². The molecule has 2 atom stereocenters. The lowest BCUT2D eigenvalue weighted by Gasteiger charge is -2.17. The molecule has 2 rings (SSSR count). The van der Waals surface area contributed by atoms with Crippen molar-refractivity contribution in [3.63, 3.8) is 0 Å². The number of carbonyl (C=O) groups excluding carboxylic acids is 3. The van der Waals surface area contributed by atoms with Crippen molar-refractivity contribution in [2.45, 2.75) is 31.7 Å². The molecule has 0 radical (unpaired) electrons. The van der Waals surface area contributed by atoms with Gasteiger partial charge in [0.2, 0.25) is 0 Å². The van der Waals surface area contributed by atoms with Gasteiger partial charge in [-0.25, -0.2) is 4.79 Å². The van der Waals surface area contributed by atoms with Crippen LogP contribution in [0.4, 0.5) is 4.79 Å². The van der Waals surface area contributed by atoms with Crippen molar-refractivity contribution >= 4 is 18.0 Å². The van der Waals surface area contributed by atoms with Gasteiger partial charge in [0.1, 0.15) is 6.61 Å². The first-order valence-electron chi connectivity index (χ1n) is 8.39. The Labute approximate surface area is 152 Å². The van der Waals surface area contributed by atoms with E-state index in [9.17, 15) is 24.6 Å². The van der Waals surface area contributed by atoms with Gasteiger partial charge in [-0.05, 0) is 37.8 Å². The van der Waals surface area contributed by atoms with Crippen LogP contribution in [0.1, 0.15) is 24.8 Å². The van der Waals surface area contributed by atoms with E-state index < -0.39 is 24.3 Å². The third-order valence-corrected chi connectivity index (χ3v) is 4.05. The maximum absolute atomic E-state index is 11.1. The molecule has 0 unspecified atom stereocenters. The summed E-state index contributed by atoms with van der Waals surface area (Å²) in [5.41, 5.74) is 6.37. The highest BCUT2D eigenvalue weighted by atomic mass is 16.6. The van der Waals surface area contributed by atoms with Crippen LogP contribution in [0.3, 0.4) is 0 Å². The molecule has 0 aromatic heterocycles. The van der Waals surface area contributed by atoms with Gasteiger partial charge in [-0.2, -0.15) is 0 Å². The minimum Gasteiger partial charge on any atom is -0.550 e. The zero-order chi connectivity index (χ0) is 19.5. The predicted octanol–water partition coefficient (Wildman–Crippen LogP) is -1.09. The van der Waals surface area contributed by atoms with E-state index >= 15 is 0 Å². The lowest BCUT2D eigenvalue weighted by Crippen LogP contribution is -2.36. The standard InChI is InChI=1S/C11H13NO2.C7H13NO4/c1-12-10(8-14-11(12)13)7-9-5-3-2-4-6-9;8-3-1-2-5(7(11)12)4-6(9)10/h2-6,10H,7-8H2,1H3;5H,1-4,8H2,(H,9,10)(H,11,12)/p-2/t10-;5-/m11/s1. The molecule has 8 heteroatoms. The summed E-state index contributed by atoms with van der Waals surface area (Å²) in [6.07, 6.45) is 0.857. The summed E-state index contributed by atoms with van der Waals surface area (Å²) in [6.45, 7) is 0.848. The Bertz CT molecular complexity index is 593. The Morgan fingerprint density at radius 1 is 1.31 bits per heavy atom. The van der Waals surface area contributed by atoms with Gasteiger partial charge in [0, 0.05) is 24.9 Å². The van der Waals surface area contributed by atoms with Crippen LogP contribution in [-0.2, 0) is 20.7 Å². The highest BCUT2D eigenvalue weighted by Gasteiger charge is 2.29.